The lowest BCUT2D eigenvalue weighted by atomic mass is 9.98. The molecule has 2 aromatic rings. The summed E-state index contributed by atoms with van der Waals surface area (Å²) in [6.07, 6.45) is -3.79. The molecule has 0 aliphatic carbocycles. The van der Waals surface area contributed by atoms with Gasteiger partial charge in [-0.25, -0.2) is 4.79 Å². The Labute approximate surface area is 159 Å². The van der Waals surface area contributed by atoms with E-state index in [9.17, 15) is 23.1 Å². The molecule has 0 radical (unpaired) electrons. The summed E-state index contributed by atoms with van der Waals surface area (Å²) in [5.41, 5.74) is 1.01. The van der Waals surface area contributed by atoms with Gasteiger partial charge in [-0.3, -0.25) is 4.68 Å². The van der Waals surface area contributed by atoms with Crippen LogP contribution in [-0.4, -0.2) is 34.1 Å². The Morgan fingerprint density at radius 3 is 2.59 bits per heavy atom. The number of aryl methyl sites for hydroxylation is 1. The molecule has 1 aromatic heterocycles. The highest BCUT2D eigenvalue weighted by Crippen LogP contribution is 2.38. The molecule has 0 unspecified atom stereocenters. The largest absolute Gasteiger partial charge is 0.496 e. The fourth-order valence-corrected chi connectivity index (χ4v) is 3.05. The van der Waals surface area contributed by atoms with Crippen LogP contribution in [0.25, 0.3) is 11.3 Å². The number of carbonyl (C=O) groups is 1. The van der Waals surface area contributed by atoms with Gasteiger partial charge in [-0.05, 0) is 30.5 Å². The Kier molecular flexibility index (Phi) is 6.41. The molecule has 1 heterocycles. The molecule has 1 atom stereocenters. The van der Waals surface area contributed by atoms with Gasteiger partial charge in [-0.1, -0.05) is 31.5 Å². The van der Waals surface area contributed by atoms with Gasteiger partial charge in [-0.2, -0.15) is 18.3 Å². The number of alkyl halides is 3. The summed E-state index contributed by atoms with van der Waals surface area (Å²) in [4.78, 5) is 11.3. The number of carboxylic acid groups (broad SMARTS) is 1. The number of carboxylic acids is 1. The van der Waals surface area contributed by atoms with E-state index in [1.807, 2.05) is 6.92 Å². The van der Waals surface area contributed by atoms with Crippen LogP contribution in [-0.2, 0) is 13.0 Å². The van der Waals surface area contributed by atoms with Gasteiger partial charge in [0.15, 0.2) is 5.69 Å². The van der Waals surface area contributed by atoms with Gasteiger partial charge in [0, 0.05) is 12.1 Å². The Morgan fingerprint density at radius 1 is 1.41 bits per heavy atom. The van der Waals surface area contributed by atoms with Crippen molar-refractivity contribution in [2.24, 2.45) is 5.92 Å². The maximum atomic E-state index is 12.8. The molecule has 5 nitrogen and oxygen atoms in total. The molecule has 1 N–H and O–H groups in total. The van der Waals surface area contributed by atoms with E-state index in [0.29, 0.717) is 35.5 Å². The van der Waals surface area contributed by atoms with Crippen molar-refractivity contribution in [3.05, 3.63) is 34.5 Å². The van der Waals surface area contributed by atoms with Gasteiger partial charge in [0.05, 0.1) is 18.7 Å². The van der Waals surface area contributed by atoms with Gasteiger partial charge < -0.3 is 9.84 Å². The minimum absolute atomic E-state index is 0.0364. The maximum Gasteiger partial charge on any atom is 0.391 e. The third-order valence-corrected chi connectivity index (χ3v) is 4.51. The van der Waals surface area contributed by atoms with Gasteiger partial charge in [0.2, 0.25) is 0 Å². The standard InChI is InChI=1S/C18H20ClF3N2O3/c1-4-7-24-16(14(19)15(23-24)17(25)26)12-6-5-11(9-13(12)27-3)8-10(2)18(20,21)22/h5-6,9-10H,4,7-8H2,1-3H3,(H,25,26)/t10-/m1/s1. The van der Waals surface area contributed by atoms with Crippen LogP contribution in [0.5, 0.6) is 5.75 Å². The van der Waals surface area contributed by atoms with Gasteiger partial charge in [0.1, 0.15) is 10.8 Å². The number of nitrogens with zero attached hydrogens (tertiary/aromatic N) is 2. The molecule has 0 aliphatic heterocycles. The predicted molar refractivity (Wildman–Crippen MR) is 95.4 cm³/mol. The Hall–Kier alpha value is -2.22. The number of halogens is 4. The van der Waals surface area contributed by atoms with Crippen molar-refractivity contribution in [3.8, 4) is 17.0 Å². The number of aromatic nitrogens is 2. The Balaban J connectivity index is 2.52. The minimum atomic E-state index is -4.29. The van der Waals surface area contributed by atoms with Crippen LogP contribution in [0.4, 0.5) is 13.2 Å². The number of rotatable bonds is 7. The van der Waals surface area contributed by atoms with Crippen molar-refractivity contribution in [1.82, 2.24) is 9.78 Å². The minimum Gasteiger partial charge on any atom is -0.496 e. The topological polar surface area (TPSA) is 64.4 Å². The van der Waals surface area contributed by atoms with Crippen LogP contribution in [0.2, 0.25) is 5.02 Å². The van der Waals surface area contributed by atoms with Crippen molar-refractivity contribution in [2.45, 2.75) is 39.4 Å². The van der Waals surface area contributed by atoms with E-state index in [0.717, 1.165) is 6.92 Å². The first-order valence-corrected chi connectivity index (χ1v) is 8.71. The Morgan fingerprint density at radius 2 is 2.07 bits per heavy atom. The van der Waals surface area contributed by atoms with Gasteiger partial charge >= 0.3 is 12.1 Å². The summed E-state index contributed by atoms with van der Waals surface area (Å²) in [6.45, 7) is 3.45. The molecule has 0 spiro atoms. The molecule has 9 heteroatoms. The molecule has 2 rings (SSSR count). The third kappa shape index (κ3) is 4.55. The SMILES string of the molecule is CCCn1nc(C(=O)O)c(Cl)c1-c1ccc(C[C@@H](C)C(F)(F)F)cc1OC. The molecule has 148 valence electrons. The number of ether oxygens (including phenoxy) is 1. The van der Waals surface area contributed by atoms with E-state index in [-0.39, 0.29) is 17.1 Å². The van der Waals surface area contributed by atoms with E-state index in [1.54, 1.807) is 12.1 Å². The molecule has 27 heavy (non-hydrogen) atoms. The van der Waals surface area contributed by atoms with Gasteiger partial charge in [0.25, 0.3) is 0 Å². The smallest absolute Gasteiger partial charge is 0.391 e. The third-order valence-electron chi connectivity index (χ3n) is 4.15. The highest BCUT2D eigenvalue weighted by molar-refractivity contribution is 6.35. The average molecular weight is 405 g/mol. The van der Waals surface area contributed by atoms with Gasteiger partial charge in [-0.15, -0.1) is 0 Å². The lowest BCUT2D eigenvalue weighted by Gasteiger charge is -2.17. The fourth-order valence-electron chi connectivity index (χ4n) is 2.74. The first-order valence-electron chi connectivity index (χ1n) is 8.33. The van der Waals surface area contributed by atoms with E-state index < -0.39 is 18.1 Å². The number of methoxy groups -OCH3 is 1. The second-order valence-electron chi connectivity index (χ2n) is 6.22. The first kappa shape index (κ1) is 21.1. The monoisotopic (exact) mass is 404 g/mol. The molecule has 0 bridgehead atoms. The molecule has 0 fully saturated rings. The molecule has 0 saturated heterocycles. The normalized spacial score (nSPS) is 12.9. The molecule has 1 aromatic carbocycles. The quantitative estimate of drug-likeness (QED) is 0.700. The molecular weight excluding hydrogens is 385 g/mol. The lowest BCUT2D eigenvalue weighted by Crippen LogP contribution is -2.21. The summed E-state index contributed by atoms with van der Waals surface area (Å²) >= 11 is 6.24. The van der Waals surface area contributed by atoms with E-state index >= 15 is 0 Å². The second-order valence-corrected chi connectivity index (χ2v) is 6.60. The zero-order chi connectivity index (χ0) is 20.4. The molecule has 0 amide bonds. The first-order chi connectivity index (χ1) is 12.6. The molecule has 0 aliphatic rings. The summed E-state index contributed by atoms with van der Waals surface area (Å²) in [5.74, 6) is -2.45. The highest BCUT2D eigenvalue weighted by atomic mass is 35.5. The summed E-state index contributed by atoms with van der Waals surface area (Å²) in [6, 6.07) is 4.65. The van der Waals surface area contributed by atoms with Crippen molar-refractivity contribution in [3.63, 3.8) is 0 Å². The Bertz CT molecular complexity index is 834. The van der Waals surface area contributed by atoms with Crippen molar-refractivity contribution >= 4 is 17.6 Å². The zero-order valence-electron chi connectivity index (χ0n) is 15.1. The van der Waals surface area contributed by atoms with Crippen molar-refractivity contribution < 1.29 is 27.8 Å². The van der Waals surface area contributed by atoms with Crippen molar-refractivity contribution in [1.29, 1.82) is 0 Å². The van der Waals surface area contributed by atoms with Crippen LogP contribution < -0.4 is 4.74 Å². The van der Waals surface area contributed by atoms with Crippen molar-refractivity contribution in [2.75, 3.05) is 7.11 Å². The van der Waals surface area contributed by atoms with Crippen LogP contribution in [0.3, 0.4) is 0 Å². The number of benzene rings is 1. The number of aromatic carboxylic acids is 1. The summed E-state index contributed by atoms with van der Waals surface area (Å²) < 4.78 is 45.3. The lowest BCUT2D eigenvalue weighted by molar-refractivity contribution is -0.169. The number of hydrogen-bond donors (Lipinski definition) is 1. The van der Waals surface area contributed by atoms with E-state index in [1.165, 1.54) is 17.9 Å². The van der Waals surface area contributed by atoms with Crippen LogP contribution in [0, 0.1) is 5.92 Å². The zero-order valence-corrected chi connectivity index (χ0v) is 15.9. The van der Waals surface area contributed by atoms with E-state index in [4.69, 9.17) is 16.3 Å². The van der Waals surface area contributed by atoms with Crippen LogP contribution in [0.1, 0.15) is 36.3 Å². The number of hydrogen-bond acceptors (Lipinski definition) is 3. The van der Waals surface area contributed by atoms with Crippen LogP contribution >= 0.6 is 11.6 Å². The average Bonchev–Trinajstić information content (AvgIpc) is 2.91. The summed E-state index contributed by atoms with van der Waals surface area (Å²) in [7, 11) is 1.39. The maximum absolute atomic E-state index is 12.8. The summed E-state index contributed by atoms with van der Waals surface area (Å²) in [5, 5.41) is 13.3. The fraction of sp³-hybridized carbons (Fsp3) is 0.444. The predicted octanol–water partition coefficient (Wildman–Crippen LogP) is 5.06. The highest BCUT2D eigenvalue weighted by Gasteiger charge is 2.36. The molecule has 0 saturated carbocycles. The molecular formula is C18H20ClF3N2O3. The van der Waals surface area contributed by atoms with E-state index in [2.05, 4.69) is 5.10 Å². The second kappa shape index (κ2) is 8.21. The van der Waals surface area contributed by atoms with Crippen LogP contribution in [0.15, 0.2) is 18.2 Å².